The minimum atomic E-state index is -4.22. The Hall–Kier alpha value is -8.80. The number of carboxylic acids is 1. The first-order valence-electron chi connectivity index (χ1n) is 27.8. The molecule has 0 aromatic heterocycles. The quantitative estimate of drug-likeness (QED) is 0.0118. The first-order chi connectivity index (χ1) is 39.9. The van der Waals surface area contributed by atoms with Gasteiger partial charge in [0.2, 0.25) is 23.6 Å². The standard InChI is InChI=1S/C63H71N6O13P/c1-4-51(60(74)69-57(35-40(2)3)83(79,81-45-21-11-6-12-22-45)82-46-23-13-7-14-24-46)67-61(75)52(25-16-17-33-64)68-62(76)53(36-41-19-9-5-10-20-41)66-56(72)26-15-8-18-34-65-59(73)42-27-30-47(63(77)78)50(37-42)58-48-31-28-43(70)38-54(48)80-55-39-44(71)29-32-49(55)58/h5-7,9-14,19-24,27-32,37-40,51-53,57,70H,4,8,15-18,25-26,33-36,64H2,1-3H3,(H,65,73)(H,66,72)(H,67,75)(H,68,76)(H,69,74)(H,77,78)/t51-,52-,53-,57+/m0/s1. The molecular formula is C63H71N6O13P. The van der Waals surface area contributed by atoms with Crippen LogP contribution < -0.4 is 46.8 Å². The van der Waals surface area contributed by atoms with Crippen molar-refractivity contribution in [3.05, 3.63) is 173 Å². The molecular weight excluding hydrogens is 1080 g/mol. The van der Waals surface area contributed by atoms with E-state index < -0.39 is 67.0 Å². The van der Waals surface area contributed by atoms with E-state index in [1.54, 1.807) is 73.7 Å². The molecule has 9 N–H and O–H groups in total. The van der Waals surface area contributed by atoms with E-state index >= 15 is 0 Å². The molecule has 5 amide bonds. The number of amides is 5. The van der Waals surface area contributed by atoms with Crippen molar-refractivity contribution in [1.29, 1.82) is 0 Å². The van der Waals surface area contributed by atoms with Crippen molar-refractivity contribution >= 4 is 54.1 Å². The zero-order valence-corrected chi connectivity index (χ0v) is 47.5. The largest absolute Gasteiger partial charge is 0.508 e. The number of benzene rings is 6. The van der Waals surface area contributed by atoms with Gasteiger partial charge in [-0.1, -0.05) is 93.9 Å². The lowest BCUT2D eigenvalue weighted by atomic mass is 9.89. The third kappa shape index (κ3) is 17.4. The van der Waals surface area contributed by atoms with Crippen LogP contribution in [0.3, 0.4) is 0 Å². The van der Waals surface area contributed by atoms with Crippen LogP contribution in [0.15, 0.2) is 155 Å². The number of phenols is 1. The summed E-state index contributed by atoms with van der Waals surface area (Å²) in [7, 11) is -4.22. The maximum atomic E-state index is 14.9. The Morgan fingerprint density at radius 2 is 1.30 bits per heavy atom. The molecule has 436 valence electrons. The molecule has 7 rings (SSSR count). The highest BCUT2D eigenvalue weighted by molar-refractivity contribution is 7.55. The maximum Gasteiger partial charge on any atom is 0.452 e. The molecule has 83 heavy (non-hydrogen) atoms. The summed E-state index contributed by atoms with van der Waals surface area (Å²) in [6, 6.07) is 35.4. The van der Waals surface area contributed by atoms with E-state index in [0.29, 0.717) is 55.2 Å². The molecule has 5 aromatic carbocycles. The highest BCUT2D eigenvalue weighted by Crippen LogP contribution is 2.54. The monoisotopic (exact) mass is 1150 g/mol. The van der Waals surface area contributed by atoms with E-state index in [2.05, 4.69) is 26.6 Å². The smallest absolute Gasteiger partial charge is 0.452 e. The first-order valence-corrected chi connectivity index (χ1v) is 29.4. The van der Waals surface area contributed by atoms with Crippen molar-refractivity contribution in [2.24, 2.45) is 11.7 Å². The summed E-state index contributed by atoms with van der Waals surface area (Å²) < 4.78 is 33.1. The highest BCUT2D eigenvalue weighted by atomic mass is 31.2. The van der Waals surface area contributed by atoms with Crippen molar-refractivity contribution in [2.75, 3.05) is 13.1 Å². The SMILES string of the molecule is CC[C@H](NC(=O)[C@H](CCCCN)NC(=O)[C@H](Cc1ccccc1)NC(=O)CCCCCNC(=O)c1ccc(C(=O)O)c(-c2c3ccc(=O)cc-3oc3cc(O)ccc23)c1)C(=O)N[C@@H](CC(C)C)P(=O)(Oc1ccccc1)Oc1ccccc1. The number of carbonyl (C=O) groups excluding carboxylic acids is 5. The number of fused-ring (bicyclic) bond motifs is 2. The van der Waals surface area contributed by atoms with Gasteiger partial charge in [-0.05, 0) is 135 Å². The number of carbonyl (C=O) groups is 6. The molecule has 4 atom stereocenters. The van der Waals surface area contributed by atoms with Crippen molar-refractivity contribution in [2.45, 2.75) is 109 Å². The van der Waals surface area contributed by atoms with Crippen molar-refractivity contribution < 1.29 is 57.0 Å². The zero-order valence-electron chi connectivity index (χ0n) is 46.6. The number of aromatic hydroxyl groups is 1. The first kappa shape index (κ1) is 61.8. The second-order valence-electron chi connectivity index (χ2n) is 20.6. The van der Waals surface area contributed by atoms with Gasteiger partial charge >= 0.3 is 13.6 Å². The van der Waals surface area contributed by atoms with Crippen LogP contribution in [-0.2, 0) is 30.2 Å². The molecule has 20 heteroatoms. The van der Waals surface area contributed by atoms with Gasteiger partial charge in [0.1, 0.15) is 46.7 Å². The lowest BCUT2D eigenvalue weighted by Crippen LogP contribution is -2.57. The van der Waals surface area contributed by atoms with Crippen LogP contribution in [0.5, 0.6) is 17.2 Å². The number of hydrogen-bond donors (Lipinski definition) is 8. The number of aromatic carboxylic acids is 1. The van der Waals surface area contributed by atoms with E-state index in [1.165, 1.54) is 48.5 Å². The van der Waals surface area contributed by atoms with Gasteiger partial charge in [0.15, 0.2) is 11.2 Å². The van der Waals surface area contributed by atoms with Gasteiger partial charge in [0.25, 0.3) is 5.91 Å². The third-order valence-electron chi connectivity index (χ3n) is 13.7. The lowest BCUT2D eigenvalue weighted by Gasteiger charge is -2.31. The van der Waals surface area contributed by atoms with Gasteiger partial charge in [-0.25, -0.2) is 9.36 Å². The van der Waals surface area contributed by atoms with Crippen LogP contribution in [0.4, 0.5) is 0 Å². The fraction of sp³-hybridized carbons (Fsp3) is 0.317. The number of carboxylic acid groups (broad SMARTS) is 1. The number of nitrogens with one attached hydrogen (secondary N) is 5. The normalized spacial score (nSPS) is 12.8. The van der Waals surface area contributed by atoms with E-state index in [0.717, 1.165) is 5.56 Å². The summed E-state index contributed by atoms with van der Waals surface area (Å²) >= 11 is 0. The van der Waals surface area contributed by atoms with E-state index in [9.17, 15) is 48.3 Å². The summed E-state index contributed by atoms with van der Waals surface area (Å²) in [4.78, 5) is 94.8. The number of para-hydroxylation sites is 2. The van der Waals surface area contributed by atoms with Crippen LogP contribution in [0, 0.1) is 5.92 Å². The minimum Gasteiger partial charge on any atom is -0.508 e. The molecule has 0 bridgehead atoms. The van der Waals surface area contributed by atoms with E-state index in [1.807, 2.05) is 44.2 Å². The second kappa shape index (κ2) is 29.8. The highest BCUT2D eigenvalue weighted by Gasteiger charge is 2.42. The van der Waals surface area contributed by atoms with Crippen LogP contribution in [-0.4, -0.2) is 82.7 Å². The minimum absolute atomic E-state index is 0.0363. The Bertz CT molecular complexity index is 3390. The molecule has 2 aliphatic rings. The fourth-order valence-electron chi connectivity index (χ4n) is 9.49. The van der Waals surface area contributed by atoms with Gasteiger partial charge in [0, 0.05) is 53.6 Å². The summed E-state index contributed by atoms with van der Waals surface area (Å²) in [6.07, 6.45) is 3.00. The zero-order chi connectivity index (χ0) is 59.5. The van der Waals surface area contributed by atoms with Crippen LogP contribution in [0.1, 0.15) is 105 Å². The molecule has 0 unspecified atom stereocenters. The molecule has 1 heterocycles. The average molecular weight is 1150 g/mol. The lowest BCUT2D eigenvalue weighted by molar-refractivity contribution is -0.134. The molecule has 1 aliphatic carbocycles. The van der Waals surface area contributed by atoms with Gasteiger partial charge in [-0.15, -0.1) is 0 Å². The summed E-state index contributed by atoms with van der Waals surface area (Å²) in [5.74, 6) is -4.67. The van der Waals surface area contributed by atoms with E-state index in [4.69, 9.17) is 19.2 Å². The molecule has 5 aromatic rings. The van der Waals surface area contributed by atoms with Gasteiger partial charge in [-0.2, -0.15) is 0 Å². The Morgan fingerprint density at radius 1 is 0.663 bits per heavy atom. The van der Waals surface area contributed by atoms with Crippen LogP contribution in [0.2, 0.25) is 0 Å². The predicted molar refractivity (Wildman–Crippen MR) is 316 cm³/mol. The number of hydrogen-bond acceptors (Lipinski definition) is 13. The Balaban J connectivity index is 0.979. The van der Waals surface area contributed by atoms with Gasteiger partial charge in [0.05, 0.1) is 5.56 Å². The number of unbranched alkanes of at least 4 members (excludes halogenated alkanes) is 3. The second-order valence-corrected chi connectivity index (χ2v) is 22.6. The predicted octanol–water partition coefficient (Wildman–Crippen LogP) is 9.33. The molecule has 0 saturated heterocycles. The molecule has 0 saturated carbocycles. The van der Waals surface area contributed by atoms with Gasteiger partial charge < -0.3 is 56.0 Å². The Labute approximate surface area is 481 Å². The number of rotatable bonds is 30. The summed E-state index contributed by atoms with van der Waals surface area (Å²) in [5, 5.41) is 35.2. The van der Waals surface area contributed by atoms with Gasteiger partial charge in [-0.3, -0.25) is 28.8 Å². The topological polar surface area (TPSA) is 295 Å². The summed E-state index contributed by atoms with van der Waals surface area (Å²) in [6.45, 7) is 6.07. The van der Waals surface area contributed by atoms with Crippen molar-refractivity contribution in [1.82, 2.24) is 26.6 Å². The number of phenolic OH excluding ortho intramolecular Hbond substituents is 1. The third-order valence-corrected chi connectivity index (χ3v) is 15.8. The maximum absolute atomic E-state index is 14.9. The molecule has 0 radical (unpaired) electrons. The molecule has 1 aliphatic heterocycles. The number of nitrogens with two attached hydrogens (primary N) is 1. The van der Waals surface area contributed by atoms with Crippen molar-refractivity contribution in [3.63, 3.8) is 0 Å². The van der Waals surface area contributed by atoms with E-state index in [-0.39, 0.29) is 95.3 Å². The Kier molecular flexibility index (Phi) is 22.2. The molecule has 19 nitrogen and oxygen atoms in total. The molecule has 0 fully saturated rings. The van der Waals surface area contributed by atoms with Crippen LogP contribution in [0.25, 0.3) is 33.4 Å². The summed E-state index contributed by atoms with van der Waals surface area (Å²) in [5.41, 5.74) is 7.53. The van der Waals surface area contributed by atoms with Crippen LogP contribution >= 0.6 is 7.60 Å². The Morgan fingerprint density at radius 3 is 1.94 bits per heavy atom. The molecule has 0 spiro atoms. The van der Waals surface area contributed by atoms with Crippen molar-refractivity contribution in [3.8, 4) is 39.7 Å². The fourth-order valence-corrected chi connectivity index (χ4v) is 11.6. The average Bonchev–Trinajstić information content (AvgIpc) is 3.62.